The number of hydrogen-bond acceptors (Lipinski definition) is 5. The maximum Gasteiger partial charge on any atom is 0.291 e. The fourth-order valence-electron chi connectivity index (χ4n) is 3.62. The lowest BCUT2D eigenvalue weighted by Crippen LogP contribution is -2.23. The van der Waals surface area contributed by atoms with Gasteiger partial charge < -0.3 is 4.90 Å². The zero-order valence-corrected chi connectivity index (χ0v) is 18.3. The molecule has 146 valence electrons. The summed E-state index contributed by atoms with van der Waals surface area (Å²) in [7, 11) is 3.99. The molecule has 3 aromatic rings. The Morgan fingerprint density at radius 2 is 1.93 bits per heavy atom. The molecule has 4 rings (SSSR count). The molecule has 0 N–H and O–H groups in total. The minimum Gasteiger partial charge on any atom is -0.378 e. The molecule has 1 aliphatic rings. The van der Waals surface area contributed by atoms with Gasteiger partial charge in [0.25, 0.3) is 5.56 Å². The summed E-state index contributed by atoms with van der Waals surface area (Å²) in [5, 5.41) is 4.49. The van der Waals surface area contributed by atoms with Crippen molar-refractivity contribution in [3.05, 3.63) is 61.1 Å². The molecule has 0 amide bonds. The first kappa shape index (κ1) is 19.4. The van der Waals surface area contributed by atoms with Gasteiger partial charge in [-0.3, -0.25) is 4.79 Å². The standard InChI is InChI=1S/C20H20Cl2N4OS/c1-20(2)13(10-15(21)22)16(20)17-23-19-26(24-17)18(27)14(28-19)9-11-5-7-12(8-6-11)25(3)4/h5-10,13,16H,1-4H3. The van der Waals surface area contributed by atoms with Crippen LogP contribution in [0.3, 0.4) is 0 Å². The first-order valence-electron chi connectivity index (χ1n) is 8.90. The molecule has 1 aromatic carbocycles. The highest BCUT2D eigenvalue weighted by Gasteiger charge is 2.59. The summed E-state index contributed by atoms with van der Waals surface area (Å²) < 4.78 is 2.27. The van der Waals surface area contributed by atoms with Gasteiger partial charge in [0.1, 0.15) is 4.49 Å². The molecule has 0 bridgehead atoms. The van der Waals surface area contributed by atoms with Crippen LogP contribution in [0.1, 0.15) is 31.2 Å². The number of thiazole rings is 1. The van der Waals surface area contributed by atoms with Gasteiger partial charge in [-0.05, 0) is 41.2 Å². The predicted octanol–water partition coefficient (Wildman–Crippen LogP) is 3.82. The predicted molar refractivity (Wildman–Crippen MR) is 116 cm³/mol. The van der Waals surface area contributed by atoms with Crippen LogP contribution >= 0.6 is 34.5 Å². The van der Waals surface area contributed by atoms with Crippen LogP contribution in [0, 0.1) is 11.3 Å². The van der Waals surface area contributed by atoms with Gasteiger partial charge in [-0.25, -0.2) is 4.98 Å². The van der Waals surface area contributed by atoms with E-state index in [4.69, 9.17) is 23.2 Å². The van der Waals surface area contributed by atoms with Crippen LogP contribution < -0.4 is 15.0 Å². The Bertz CT molecular complexity index is 1170. The highest BCUT2D eigenvalue weighted by Crippen LogP contribution is 2.64. The van der Waals surface area contributed by atoms with Gasteiger partial charge >= 0.3 is 0 Å². The van der Waals surface area contributed by atoms with Crippen LogP contribution in [0.4, 0.5) is 5.69 Å². The van der Waals surface area contributed by atoms with Crippen molar-refractivity contribution in [3.8, 4) is 0 Å². The molecule has 1 aliphatic carbocycles. The van der Waals surface area contributed by atoms with E-state index < -0.39 is 0 Å². The van der Waals surface area contributed by atoms with Crippen LogP contribution in [0.25, 0.3) is 11.0 Å². The first-order valence-corrected chi connectivity index (χ1v) is 10.5. The summed E-state index contributed by atoms with van der Waals surface area (Å²) >= 11 is 13.0. The normalized spacial score (nSPS) is 21.1. The third-order valence-corrected chi connectivity index (χ3v) is 6.61. The smallest absolute Gasteiger partial charge is 0.291 e. The van der Waals surface area contributed by atoms with Crippen LogP contribution in [0.2, 0.25) is 0 Å². The number of anilines is 1. The Labute approximate surface area is 176 Å². The number of aromatic nitrogens is 3. The molecule has 2 heterocycles. The number of allylic oxidation sites excluding steroid dienone is 1. The number of fused-ring (bicyclic) bond motifs is 1. The largest absolute Gasteiger partial charge is 0.378 e. The highest BCUT2D eigenvalue weighted by atomic mass is 35.5. The average molecular weight is 435 g/mol. The number of nitrogens with zero attached hydrogens (tertiary/aromatic N) is 4. The van der Waals surface area contributed by atoms with E-state index in [0.29, 0.717) is 15.3 Å². The molecule has 1 saturated carbocycles. The average Bonchev–Trinajstić information content (AvgIpc) is 2.91. The van der Waals surface area contributed by atoms with Crippen molar-refractivity contribution < 1.29 is 0 Å². The van der Waals surface area contributed by atoms with E-state index in [9.17, 15) is 4.79 Å². The molecule has 2 aromatic heterocycles. The summed E-state index contributed by atoms with van der Waals surface area (Å²) in [4.78, 5) is 20.0. The Morgan fingerprint density at radius 3 is 2.50 bits per heavy atom. The third kappa shape index (κ3) is 3.34. The zero-order chi connectivity index (χ0) is 20.2. The molecule has 0 aliphatic heterocycles. The summed E-state index contributed by atoms with van der Waals surface area (Å²) in [5.74, 6) is 0.953. The second-order valence-corrected chi connectivity index (χ2v) is 9.86. The van der Waals surface area contributed by atoms with Gasteiger partial charge in [-0.2, -0.15) is 4.52 Å². The molecule has 2 unspecified atom stereocenters. The lowest BCUT2D eigenvalue weighted by Gasteiger charge is -2.11. The molecule has 0 radical (unpaired) electrons. The van der Waals surface area contributed by atoms with Gasteiger partial charge in [0.15, 0.2) is 5.82 Å². The zero-order valence-electron chi connectivity index (χ0n) is 16.0. The van der Waals surface area contributed by atoms with E-state index in [-0.39, 0.29) is 27.3 Å². The maximum atomic E-state index is 12.8. The maximum absolute atomic E-state index is 12.8. The molecule has 0 saturated heterocycles. The van der Waals surface area contributed by atoms with Crippen LogP contribution in [-0.4, -0.2) is 28.7 Å². The van der Waals surface area contributed by atoms with E-state index in [1.807, 2.05) is 55.4 Å². The number of hydrogen-bond donors (Lipinski definition) is 0. The highest BCUT2D eigenvalue weighted by molar-refractivity contribution is 7.15. The van der Waals surface area contributed by atoms with Crippen LogP contribution in [0.5, 0.6) is 0 Å². The summed E-state index contributed by atoms with van der Waals surface area (Å²) in [6.45, 7) is 4.25. The van der Waals surface area contributed by atoms with E-state index >= 15 is 0 Å². The number of halogens is 2. The fraction of sp³-hybridized carbons (Fsp3) is 0.350. The summed E-state index contributed by atoms with van der Waals surface area (Å²) in [6, 6.07) is 8.04. The first-order chi connectivity index (χ1) is 13.2. The number of rotatable bonds is 4. The van der Waals surface area contributed by atoms with Crippen molar-refractivity contribution in [3.63, 3.8) is 0 Å². The van der Waals surface area contributed by atoms with Crippen molar-refractivity contribution in [2.75, 3.05) is 19.0 Å². The topological polar surface area (TPSA) is 50.5 Å². The van der Waals surface area contributed by atoms with E-state index in [0.717, 1.165) is 11.3 Å². The molecule has 5 nitrogen and oxygen atoms in total. The fourth-order valence-corrected chi connectivity index (χ4v) is 4.80. The van der Waals surface area contributed by atoms with Gasteiger partial charge in [0.2, 0.25) is 4.96 Å². The van der Waals surface area contributed by atoms with Gasteiger partial charge in [0.05, 0.1) is 4.53 Å². The SMILES string of the molecule is CN(C)c1ccc(C=c2sc3nc(C4C(C=C(Cl)Cl)C4(C)C)nn3c2=O)cc1. The van der Waals surface area contributed by atoms with Crippen molar-refractivity contribution >= 4 is 51.3 Å². The van der Waals surface area contributed by atoms with Crippen molar-refractivity contribution in [2.45, 2.75) is 19.8 Å². The van der Waals surface area contributed by atoms with E-state index in [2.05, 4.69) is 23.9 Å². The Kier molecular flexibility index (Phi) is 4.76. The van der Waals surface area contributed by atoms with Crippen LogP contribution in [0.15, 0.2) is 39.6 Å². The monoisotopic (exact) mass is 434 g/mol. The second kappa shape index (κ2) is 6.87. The second-order valence-electron chi connectivity index (χ2n) is 7.85. The molecule has 2 atom stereocenters. The van der Waals surface area contributed by atoms with Crippen molar-refractivity contribution in [2.24, 2.45) is 11.3 Å². The molecule has 1 fully saturated rings. The minimum atomic E-state index is -0.142. The third-order valence-electron chi connectivity index (χ3n) is 5.40. The van der Waals surface area contributed by atoms with Gasteiger partial charge in [-0.1, -0.05) is 60.5 Å². The molecule has 28 heavy (non-hydrogen) atoms. The van der Waals surface area contributed by atoms with Gasteiger partial charge in [0, 0.05) is 25.7 Å². The lowest BCUT2D eigenvalue weighted by molar-refractivity contribution is 0.585. The van der Waals surface area contributed by atoms with E-state index in [1.54, 1.807) is 0 Å². The van der Waals surface area contributed by atoms with Crippen molar-refractivity contribution in [1.82, 2.24) is 14.6 Å². The molecular weight excluding hydrogens is 415 g/mol. The Balaban J connectivity index is 1.68. The summed E-state index contributed by atoms with van der Waals surface area (Å²) in [6.07, 6.45) is 3.71. The molecular formula is C20H20Cl2N4OS. The van der Waals surface area contributed by atoms with E-state index in [1.165, 1.54) is 15.9 Å². The lowest BCUT2D eigenvalue weighted by atomic mass is 10.1. The minimum absolute atomic E-state index is 0.0295. The quantitative estimate of drug-likeness (QED) is 0.625. The summed E-state index contributed by atoms with van der Waals surface area (Å²) in [5.41, 5.74) is 1.91. The number of benzene rings is 1. The van der Waals surface area contributed by atoms with Crippen molar-refractivity contribution in [1.29, 1.82) is 0 Å². The Hall–Kier alpha value is -1.89. The van der Waals surface area contributed by atoms with Gasteiger partial charge in [-0.15, -0.1) is 5.10 Å². The molecule has 8 heteroatoms. The molecule has 0 spiro atoms. The van der Waals surface area contributed by atoms with Crippen LogP contribution in [-0.2, 0) is 0 Å². The Morgan fingerprint density at radius 1 is 1.25 bits per heavy atom.